The van der Waals surface area contributed by atoms with E-state index in [1.165, 1.54) is 6.07 Å². The summed E-state index contributed by atoms with van der Waals surface area (Å²) in [7, 11) is 1.75. The zero-order chi connectivity index (χ0) is 13.3. The van der Waals surface area contributed by atoms with Crippen LogP contribution in [0, 0.1) is 0 Å². The van der Waals surface area contributed by atoms with Gasteiger partial charge in [-0.05, 0) is 37.0 Å². The molecule has 0 atom stereocenters. The molecule has 1 fully saturated rings. The van der Waals surface area contributed by atoms with Crippen molar-refractivity contribution in [3.8, 4) is 0 Å². The van der Waals surface area contributed by atoms with Gasteiger partial charge in [0.25, 0.3) is 0 Å². The van der Waals surface area contributed by atoms with Gasteiger partial charge in [-0.3, -0.25) is 0 Å². The predicted molar refractivity (Wildman–Crippen MR) is 70.1 cm³/mol. The Balaban J connectivity index is 2.38. The first kappa shape index (κ1) is 13.7. The topological polar surface area (TPSA) is 3.24 Å². The second kappa shape index (κ2) is 5.11. The lowest BCUT2D eigenvalue weighted by molar-refractivity contribution is -0.137. The van der Waals surface area contributed by atoms with Crippen molar-refractivity contribution >= 4 is 21.6 Å². The molecule has 0 radical (unpaired) electrons. The predicted octanol–water partition coefficient (Wildman–Crippen LogP) is 4.59. The van der Waals surface area contributed by atoms with Crippen molar-refractivity contribution in [1.82, 2.24) is 0 Å². The van der Waals surface area contributed by atoms with Crippen molar-refractivity contribution in [3.63, 3.8) is 0 Å². The van der Waals surface area contributed by atoms with E-state index in [2.05, 4.69) is 15.9 Å². The Morgan fingerprint density at radius 1 is 1.33 bits per heavy atom. The van der Waals surface area contributed by atoms with Gasteiger partial charge in [-0.25, -0.2) is 0 Å². The largest absolute Gasteiger partial charge is 0.418 e. The summed E-state index contributed by atoms with van der Waals surface area (Å²) in [5.74, 6) is 0. The molecule has 2 rings (SSSR count). The number of halogens is 4. The highest BCUT2D eigenvalue weighted by molar-refractivity contribution is 9.08. The van der Waals surface area contributed by atoms with E-state index in [4.69, 9.17) is 0 Å². The van der Waals surface area contributed by atoms with Gasteiger partial charge in [-0.15, -0.1) is 0 Å². The van der Waals surface area contributed by atoms with Crippen LogP contribution in [0.15, 0.2) is 18.2 Å². The van der Waals surface area contributed by atoms with Crippen LogP contribution in [0.2, 0.25) is 0 Å². The van der Waals surface area contributed by atoms with Gasteiger partial charge in [0.15, 0.2) is 0 Å². The molecule has 0 unspecified atom stereocenters. The molecule has 0 bridgehead atoms. The molecular weight excluding hydrogens is 307 g/mol. The molecule has 0 heterocycles. The number of benzene rings is 1. The molecule has 1 nitrogen and oxygen atoms in total. The van der Waals surface area contributed by atoms with E-state index < -0.39 is 11.7 Å². The van der Waals surface area contributed by atoms with Crippen LogP contribution in [0.5, 0.6) is 0 Å². The fourth-order valence-corrected chi connectivity index (χ4v) is 2.52. The smallest absolute Gasteiger partial charge is 0.371 e. The van der Waals surface area contributed by atoms with Gasteiger partial charge < -0.3 is 4.90 Å². The number of nitrogens with zero attached hydrogens (tertiary/aromatic N) is 1. The van der Waals surface area contributed by atoms with Gasteiger partial charge in [0, 0.05) is 24.1 Å². The minimum atomic E-state index is -4.30. The van der Waals surface area contributed by atoms with E-state index >= 15 is 0 Å². The minimum absolute atomic E-state index is 0.251. The first-order valence-electron chi connectivity index (χ1n) is 5.92. The number of alkyl halides is 4. The van der Waals surface area contributed by atoms with Crippen LogP contribution in [0.4, 0.5) is 18.9 Å². The molecule has 0 aliphatic heterocycles. The fourth-order valence-electron chi connectivity index (χ4n) is 2.17. The Morgan fingerprint density at radius 3 is 2.44 bits per heavy atom. The summed E-state index contributed by atoms with van der Waals surface area (Å²) in [5.41, 5.74) is 0.402. The van der Waals surface area contributed by atoms with Crippen LogP contribution >= 0.6 is 15.9 Å². The van der Waals surface area contributed by atoms with Crippen molar-refractivity contribution in [2.75, 3.05) is 11.9 Å². The van der Waals surface area contributed by atoms with Crippen LogP contribution in [-0.4, -0.2) is 13.1 Å². The standard InChI is InChI=1S/C13H15BrF3N/c1-18(10-3-2-4-10)12-6-5-9(8-14)7-11(12)13(15,16)17/h5-7,10H,2-4,8H2,1H3. The van der Waals surface area contributed by atoms with Crippen LogP contribution in [0.3, 0.4) is 0 Å². The molecule has 1 aromatic carbocycles. The van der Waals surface area contributed by atoms with Crippen molar-refractivity contribution in [2.45, 2.75) is 36.8 Å². The van der Waals surface area contributed by atoms with Crippen molar-refractivity contribution in [1.29, 1.82) is 0 Å². The van der Waals surface area contributed by atoms with E-state index in [1.54, 1.807) is 24.1 Å². The maximum absolute atomic E-state index is 13.1. The van der Waals surface area contributed by atoms with Gasteiger partial charge >= 0.3 is 6.18 Å². The molecule has 1 aliphatic carbocycles. The van der Waals surface area contributed by atoms with E-state index in [0.29, 0.717) is 10.9 Å². The second-order valence-electron chi connectivity index (χ2n) is 4.68. The Labute approximate surface area is 113 Å². The third-order valence-corrected chi connectivity index (χ3v) is 4.17. The first-order valence-corrected chi connectivity index (χ1v) is 7.04. The zero-order valence-corrected chi connectivity index (χ0v) is 11.7. The summed E-state index contributed by atoms with van der Waals surface area (Å²) in [6, 6.07) is 4.81. The normalized spacial score (nSPS) is 16.5. The molecule has 0 amide bonds. The van der Waals surface area contributed by atoms with Gasteiger partial charge in [0.1, 0.15) is 0 Å². The maximum Gasteiger partial charge on any atom is 0.418 e. The van der Waals surface area contributed by atoms with Crippen LogP contribution in [0.25, 0.3) is 0 Å². The number of rotatable bonds is 3. The Bertz CT molecular complexity index is 427. The summed E-state index contributed by atoms with van der Waals surface area (Å²) in [6.07, 6.45) is -1.23. The van der Waals surface area contributed by atoms with Crippen LogP contribution in [-0.2, 0) is 11.5 Å². The molecule has 100 valence electrons. The first-order chi connectivity index (χ1) is 8.43. The highest BCUT2D eigenvalue weighted by Crippen LogP contribution is 2.39. The van der Waals surface area contributed by atoms with Crippen molar-refractivity contribution in [3.05, 3.63) is 29.3 Å². The summed E-state index contributed by atoms with van der Waals surface area (Å²) < 4.78 is 39.2. The quantitative estimate of drug-likeness (QED) is 0.736. The summed E-state index contributed by atoms with van der Waals surface area (Å²) in [4.78, 5) is 1.77. The number of anilines is 1. The van der Waals surface area contributed by atoms with Gasteiger partial charge in [0.2, 0.25) is 0 Å². The van der Waals surface area contributed by atoms with Crippen molar-refractivity contribution in [2.24, 2.45) is 0 Å². The minimum Gasteiger partial charge on any atom is -0.371 e. The molecule has 1 aliphatic rings. The second-order valence-corrected chi connectivity index (χ2v) is 5.24. The van der Waals surface area contributed by atoms with E-state index in [0.717, 1.165) is 19.3 Å². The van der Waals surface area contributed by atoms with Gasteiger partial charge in [0.05, 0.1) is 5.56 Å². The average Bonchev–Trinajstić information content (AvgIpc) is 2.24. The lowest BCUT2D eigenvalue weighted by Gasteiger charge is -2.37. The monoisotopic (exact) mass is 321 g/mol. The van der Waals surface area contributed by atoms with Crippen LogP contribution < -0.4 is 4.90 Å². The number of hydrogen-bond acceptors (Lipinski definition) is 1. The number of hydrogen-bond donors (Lipinski definition) is 0. The molecule has 0 aromatic heterocycles. The van der Waals surface area contributed by atoms with Gasteiger partial charge in [-0.1, -0.05) is 22.0 Å². The zero-order valence-electron chi connectivity index (χ0n) is 10.1. The highest BCUT2D eigenvalue weighted by Gasteiger charge is 2.36. The molecule has 18 heavy (non-hydrogen) atoms. The van der Waals surface area contributed by atoms with Crippen molar-refractivity contribution < 1.29 is 13.2 Å². The molecular formula is C13H15BrF3N. The molecule has 0 N–H and O–H groups in total. The third kappa shape index (κ3) is 2.66. The fraction of sp³-hybridized carbons (Fsp3) is 0.538. The van der Waals surface area contributed by atoms with Gasteiger partial charge in [-0.2, -0.15) is 13.2 Å². The van der Waals surface area contributed by atoms with E-state index in [1.807, 2.05) is 0 Å². The molecule has 1 aromatic rings. The summed E-state index contributed by atoms with van der Waals surface area (Å²) in [6.45, 7) is 0. The molecule has 1 saturated carbocycles. The Morgan fingerprint density at radius 2 is 2.00 bits per heavy atom. The average molecular weight is 322 g/mol. The Kier molecular flexibility index (Phi) is 3.90. The van der Waals surface area contributed by atoms with E-state index in [9.17, 15) is 13.2 Å². The lowest BCUT2D eigenvalue weighted by atomic mass is 9.91. The molecule has 0 saturated heterocycles. The Hall–Kier alpha value is -0.710. The summed E-state index contributed by atoms with van der Waals surface area (Å²) in [5, 5.41) is 0.434. The maximum atomic E-state index is 13.1. The van der Waals surface area contributed by atoms with Crippen LogP contribution in [0.1, 0.15) is 30.4 Å². The summed E-state index contributed by atoms with van der Waals surface area (Å²) >= 11 is 3.19. The SMILES string of the molecule is CN(c1ccc(CBr)cc1C(F)(F)F)C1CCC1. The molecule has 5 heteroatoms. The molecule has 0 spiro atoms. The third-order valence-electron chi connectivity index (χ3n) is 3.52. The van der Waals surface area contributed by atoms with E-state index in [-0.39, 0.29) is 11.7 Å². The lowest BCUT2D eigenvalue weighted by Crippen LogP contribution is -2.38. The highest BCUT2D eigenvalue weighted by atomic mass is 79.9.